The first kappa shape index (κ1) is 13.7. The highest BCUT2D eigenvalue weighted by atomic mass is 15.1. The van der Waals surface area contributed by atoms with E-state index < -0.39 is 0 Å². The van der Waals surface area contributed by atoms with Gasteiger partial charge in [-0.2, -0.15) is 5.26 Å². The highest BCUT2D eigenvalue weighted by Gasteiger charge is 2.50. The van der Waals surface area contributed by atoms with E-state index in [2.05, 4.69) is 44.4 Å². The first-order valence-electron chi connectivity index (χ1n) is 7.02. The Morgan fingerprint density at radius 3 is 2.79 bits per heavy atom. The van der Waals surface area contributed by atoms with Gasteiger partial charge in [0.15, 0.2) is 0 Å². The highest BCUT2D eigenvalue weighted by Crippen LogP contribution is 2.58. The van der Waals surface area contributed by atoms with Crippen LogP contribution in [0.1, 0.15) is 39.2 Å². The summed E-state index contributed by atoms with van der Waals surface area (Å²) in [5, 5.41) is 9.01. The van der Waals surface area contributed by atoms with Gasteiger partial charge in [0.2, 0.25) is 0 Å². The van der Waals surface area contributed by atoms with Crippen LogP contribution in [0, 0.1) is 22.7 Å². The van der Waals surface area contributed by atoms with E-state index in [0.717, 1.165) is 12.2 Å². The van der Waals surface area contributed by atoms with Crippen molar-refractivity contribution in [2.45, 2.75) is 33.6 Å². The minimum Gasteiger partial charge on any atom is -0.346 e. The van der Waals surface area contributed by atoms with Crippen molar-refractivity contribution in [3.63, 3.8) is 0 Å². The van der Waals surface area contributed by atoms with Gasteiger partial charge >= 0.3 is 0 Å². The van der Waals surface area contributed by atoms with Crippen molar-refractivity contribution in [2.75, 3.05) is 11.4 Å². The Bertz CT molecular complexity index is 526. The zero-order valence-corrected chi connectivity index (χ0v) is 12.1. The van der Waals surface area contributed by atoms with Crippen molar-refractivity contribution in [1.82, 2.24) is 0 Å². The fourth-order valence-electron chi connectivity index (χ4n) is 2.80. The molecule has 0 aromatic heterocycles. The minimum atomic E-state index is 0.428. The molecular weight excluding hydrogens is 232 g/mol. The number of nitriles is 1. The first-order chi connectivity index (χ1) is 9.05. The maximum absolute atomic E-state index is 9.01. The van der Waals surface area contributed by atoms with Gasteiger partial charge in [-0.1, -0.05) is 32.9 Å². The number of anilines is 1. The van der Waals surface area contributed by atoms with E-state index in [9.17, 15) is 0 Å². The average molecular weight is 254 g/mol. The van der Waals surface area contributed by atoms with Crippen LogP contribution in [-0.2, 0) is 0 Å². The summed E-state index contributed by atoms with van der Waals surface area (Å²) < 4.78 is 0. The number of rotatable bonds is 5. The Morgan fingerprint density at radius 1 is 1.53 bits per heavy atom. The summed E-state index contributed by atoms with van der Waals surface area (Å²) in [5.41, 5.74) is 3.41. The molecule has 100 valence electrons. The maximum atomic E-state index is 9.01. The zero-order valence-electron chi connectivity index (χ0n) is 12.1. The molecule has 0 saturated heterocycles. The van der Waals surface area contributed by atoms with Crippen LogP contribution < -0.4 is 4.90 Å². The maximum Gasteiger partial charge on any atom is 0.0992 e. The van der Waals surface area contributed by atoms with Crippen molar-refractivity contribution >= 4 is 5.69 Å². The Kier molecular flexibility index (Phi) is 3.66. The second kappa shape index (κ2) is 5.09. The smallest absolute Gasteiger partial charge is 0.0992 e. The molecule has 0 aliphatic heterocycles. The lowest BCUT2D eigenvalue weighted by Crippen LogP contribution is -2.23. The summed E-state index contributed by atoms with van der Waals surface area (Å²) in [6.45, 7) is 11.9. The van der Waals surface area contributed by atoms with Crippen LogP contribution in [0.3, 0.4) is 0 Å². The molecule has 1 aromatic rings. The van der Waals surface area contributed by atoms with Gasteiger partial charge in [-0.15, -0.1) is 0 Å². The summed E-state index contributed by atoms with van der Waals surface area (Å²) in [5.74, 6) is 0.586. The summed E-state index contributed by atoms with van der Waals surface area (Å²) in [4.78, 5) is 2.24. The quantitative estimate of drug-likeness (QED) is 0.781. The van der Waals surface area contributed by atoms with Crippen molar-refractivity contribution in [3.05, 3.63) is 42.1 Å². The predicted octanol–water partition coefficient (Wildman–Crippen LogP) is 4.33. The third-order valence-corrected chi connectivity index (χ3v) is 4.51. The van der Waals surface area contributed by atoms with Crippen LogP contribution in [0.25, 0.3) is 0 Å². The van der Waals surface area contributed by atoms with E-state index in [1.807, 2.05) is 18.2 Å². The van der Waals surface area contributed by atoms with Crippen LogP contribution in [0.2, 0.25) is 0 Å². The molecule has 0 bridgehead atoms. The van der Waals surface area contributed by atoms with Gasteiger partial charge in [-0.25, -0.2) is 0 Å². The molecule has 0 radical (unpaired) electrons. The predicted molar refractivity (Wildman–Crippen MR) is 79.8 cm³/mol. The Hall–Kier alpha value is -1.75. The molecule has 2 nitrogen and oxygen atoms in total. The topological polar surface area (TPSA) is 27.0 Å². The normalized spacial score (nSPS) is 24.6. The number of nitrogens with zero attached hydrogens (tertiary/aromatic N) is 2. The van der Waals surface area contributed by atoms with Crippen LogP contribution in [0.5, 0.6) is 0 Å². The Balaban J connectivity index is 2.21. The standard InChI is InChI=1S/C17H22N2/c1-5-17(4)11-16(17)13(3)19(6-2)15-9-7-8-14(10-15)12-18/h7-10,16H,3,5-6,11H2,1-2,4H3. The van der Waals surface area contributed by atoms with E-state index in [1.54, 1.807) is 0 Å². The van der Waals surface area contributed by atoms with E-state index in [1.165, 1.54) is 18.5 Å². The number of hydrogen-bond acceptors (Lipinski definition) is 2. The summed E-state index contributed by atoms with van der Waals surface area (Å²) >= 11 is 0. The second-order valence-electron chi connectivity index (χ2n) is 5.66. The van der Waals surface area contributed by atoms with Crippen LogP contribution in [0.15, 0.2) is 36.5 Å². The molecule has 2 rings (SSSR count). The lowest BCUT2D eigenvalue weighted by Gasteiger charge is -2.27. The van der Waals surface area contributed by atoms with Crippen molar-refractivity contribution in [3.8, 4) is 6.07 Å². The molecule has 0 N–H and O–H groups in total. The molecule has 2 heteroatoms. The van der Waals surface area contributed by atoms with Crippen LogP contribution >= 0.6 is 0 Å². The Labute approximate surface area is 116 Å². The minimum absolute atomic E-state index is 0.428. The molecule has 19 heavy (non-hydrogen) atoms. The number of hydrogen-bond donors (Lipinski definition) is 0. The van der Waals surface area contributed by atoms with E-state index in [4.69, 9.17) is 5.26 Å². The number of allylic oxidation sites excluding steroid dienone is 1. The molecule has 2 unspecified atom stereocenters. The molecule has 1 aromatic carbocycles. The van der Waals surface area contributed by atoms with Gasteiger partial charge in [-0.3, -0.25) is 0 Å². The van der Waals surface area contributed by atoms with Gasteiger partial charge in [0.25, 0.3) is 0 Å². The molecule has 0 amide bonds. The van der Waals surface area contributed by atoms with Gasteiger partial charge in [0, 0.05) is 23.8 Å². The second-order valence-corrected chi connectivity index (χ2v) is 5.66. The third-order valence-electron chi connectivity index (χ3n) is 4.51. The van der Waals surface area contributed by atoms with Gasteiger partial charge in [-0.05, 0) is 37.0 Å². The van der Waals surface area contributed by atoms with Gasteiger partial charge in [0.1, 0.15) is 0 Å². The Morgan fingerprint density at radius 2 is 2.26 bits per heavy atom. The largest absolute Gasteiger partial charge is 0.346 e. The fourth-order valence-corrected chi connectivity index (χ4v) is 2.80. The highest BCUT2D eigenvalue weighted by molar-refractivity contribution is 5.56. The molecule has 1 aliphatic carbocycles. The molecular formula is C17H22N2. The monoisotopic (exact) mass is 254 g/mol. The number of benzene rings is 1. The van der Waals surface area contributed by atoms with Crippen molar-refractivity contribution in [1.29, 1.82) is 5.26 Å². The molecule has 1 aliphatic rings. The summed E-state index contributed by atoms with van der Waals surface area (Å²) in [6, 6.07) is 9.98. The third kappa shape index (κ3) is 2.51. The zero-order chi connectivity index (χ0) is 14.0. The lowest BCUT2D eigenvalue weighted by atomic mass is 10.0. The van der Waals surface area contributed by atoms with Crippen LogP contribution in [0.4, 0.5) is 5.69 Å². The lowest BCUT2D eigenvalue weighted by molar-refractivity contribution is 0.506. The molecule has 0 heterocycles. The van der Waals surface area contributed by atoms with Crippen molar-refractivity contribution < 1.29 is 0 Å². The molecule has 0 spiro atoms. The average Bonchev–Trinajstić information content (AvgIpc) is 3.13. The summed E-state index contributed by atoms with van der Waals surface area (Å²) in [6.07, 6.45) is 2.43. The molecule has 1 saturated carbocycles. The fraction of sp³-hybridized carbons (Fsp3) is 0.471. The van der Waals surface area contributed by atoms with Crippen LogP contribution in [-0.4, -0.2) is 6.54 Å². The van der Waals surface area contributed by atoms with Crippen molar-refractivity contribution in [2.24, 2.45) is 11.3 Å². The molecule has 1 fully saturated rings. The van der Waals surface area contributed by atoms with E-state index >= 15 is 0 Å². The first-order valence-corrected chi connectivity index (χ1v) is 7.02. The van der Waals surface area contributed by atoms with Gasteiger partial charge in [0.05, 0.1) is 11.6 Å². The molecule has 2 atom stereocenters. The van der Waals surface area contributed by atoms with E-state index in [-0.39, 0.29) is 0 Å². The van der Waals surface area contributed by atoms with E-state index in [0.29, 0.717) is 16.9 Å². The van der Waals surface area contributed by atoms with Gasteiger partial charge < -0.3 is 4.90 Å². The SMILES string of the molecule is C=C(C1CC1(C)CC)N(CC)c1cccc(C#N)c1. The summed E-state index contributed by atoms with van der Waals surface area (Å²) in [7, 11) is 0.